The number of nitrogens with one attached hydrogen (secondary N) is 1. The zero-order valence-corrected chi connectivity index (χ0v) is 10.7. The third-order valence-corrected chi connectivity index (χ3v) is 3.46. The minimum atomic E-state index is -1.08. The first kappa shape index (κ1) is 12.8. The summed E-state index contributed by atoms with van der Waals surface area (Å²) in [6, 6.07) is 7.34. The van der Waals surface area contributed by atoms with Crippen molar-refractivity contribution in [1.82, 2.24) is 4.72 Å². The lowest BCUT2D eigenvalue weighted by Gasteiger charge is -2.23. The number of benzene rings is 1. The molecule has 1 aromatic rings. The van der Waals surface area contributed by atoms with Crippen LogP contribution in [0, 0.1) is 6.54 Å². The van der Waals surface area contributed by atoms with E-state index in [4.69, 9.17) is 11.6 Å². The molecule has 83 valence electrons. The summed E-state index contributed by atoms with van der Waals surface area (Å²) < 4.78 is 14.2. The van der Waals surface area contributed by atoms with Gasteiger partial charge in [0.2, 0.25) is 0 Å². The number of rotatable bonds is 3. The molecule has 0 aromatic heterocycles. The van der Waals surface area contributed by atoms with E-state index in [9.17, 15) is 4.55 Å². The Labute approximate surface area is 99.3 Å². The molecule has 0 spiro atoms. The average Bonchev–Trinajstić information content (AvgIpc) is 2.15. The molecule has 2 nitrogen and oxygen atoms in total. The molecule has 0 aliphatic carbocycles. The topological polar surface area (TPSA) is 35.1 Å². The maximum atomic E-state index is 11.6. The van der Waals surface area contributed by atoms with Gasteiger partial charge >= 0.3 is 0 Å². The lowest BCUT2D eigenvalue weighted by atomic mass is 10.2. The van der Waals surface area contributed by atoms with Crippen molar-refractivity contribution in [3.63, 3.8) is 0 Å². The summed E-state index contributed by atoms with van der Waals surface area (Å²) in [6.45, 7) is 7.50. The molecule has 1 rings (SSSR count). The summed E-state index contributed by atoms with van der Waals surface area (Å²) in [5.74, 6) is 0. The van der Waals surface area contributed by atoms with Gasteiger partial charge in [-0.1, -0.05) is 23.7 Å². The van der Waals surface area contributed by atoms with E-state index in [0.717, 1.165) is 5.56 Å². The Kier molecular flexibility index (Phi) is 4.46. The molecule has 1 radical (unpaired) electrons. The third kappa shape index (κ3) is 4.43. The standard InChI is InChI=1S/C11H15ClNOS/c1-11(2,3)15(14)13-8-9-4-6-10(12)7-5-9/h4-8,13H,1-3H3. The van der Waals surface area contributed by atoms with Crippen molar-refractivity contribution in [3.05, 3.63) is 41.4 Å². The van der Waals surface area contributed by atoms with E-state index in [1.807, 2.05) is 32.9 Å². The monoisotopic (exact) mass is 244 g/mol. The second-order valence-corrected chi connectivity index (χ2v) is 6.63. The lowest BCUT2D eigenvalue weighted by Crippen LogP contribution is -2.38. The molecule has 0 saturated heterocycles. The van der Waals surface area contributed by atoms with Gasteiger partial charge in [-0.05, 0) is 38.5 Å². The first-order valence-corrected chi connectivity index (χ1v) is 6.19. The minimum absolute atomic E-state index is 0.261. The van der Waals surface area contributed by atoms with Crippen LogP contribution in [0.1, 0.15) is 26.3 Å². The molecule has 15 heavy (non-hydrogen) atoms. The SMILES string of the molecule is CC(C)(C)[S+]([O-])N[CH]c1ccc(Cl)cc1. The lowest BCUT2D eigenvalue weighted by molar-refractivity contribution is 0.551. The number of halogens is 1. The molecular formula is C11H15ClNOS. The third-order valence-electron chi connectivity index (χ3n) is 1.76. The molecule has 1 aromatic carbocycles. The molecule has 0 amide bonds. The van der Waals surface area contributed by atoms with E-state index in [1.54, 1.807) is 18.7 Å². The van der Waals surface area contributed by atoms with Crippen molar-refractivity contribution in [3.8, 4) is 0 Å². The van der Waals surface area contributed by atoms with Crippen LogP contribution in [0.3, 0.4) is 0 Å². The first-order chi connectivity index (χ1) is 6.89. The highest BCUT2D eigenvalue weighted by Crippen LogP contribution is 2.15. The van der Waals surface area contributed by atoms with Gasteiger partial charge in [-0.3, -0.25) is 0 Å². The molecule has 0 fully saturated rings. The van der Waals surface area contributed by atoms with Gasteiger partial charge in [0.05, 0.1) is 0 Å². The zero-order valence-electron chi connectivity index (χ0n) is 9.08. The fourth-order valence-electron chi connectivity index (χ4n) is 0.857. The van der Waals surface area contributed by atoms with Gasteiger partial charge in [0, 0.05) is 16.4 Å². The highest BCUT2D eigenvalue weighted by Gasteiger charge is 2.25. The van der Waals surface area contributed by atoms with Crippen LogP contribution in [0.4, 0.5) is 0 Å². The van der Waals surface area contributed by atoms with Gasteiger partial charge in [-0.15, -0.1) is 4.72 Å². The van der Waals surface area contributed by atoms with E-state index in [-0.39, 0.29) is 4.75 Å². The molecule has 4 heteroatoms. The molecule has 0 saturated carbocycles. The Bertz CT molecular complexity index is 307. The van der Waals surface area contributed by atoms with Crippen LogP contribution in [-0.4, -0.2) is 9.30 Å². The summed E-state index contributed by atoms with van der Waals surface area (Å²) in [5.41, 5.74) is 0.956. The summed E-state index contributed by atoms with van der Waals surface area (Å²) in [7, 11) is 0. The van der Waals surface area contributed by atoms with Crippen molar-refractivity contribution in [2.45, 2.75) is 25.5 Å². The first-order valence-electron chi connectivity index (χ1n) is 4.66. The van der Waals surface area contributed by atoms with E-state index in [2.05, 4.69) is 4.72 Å². The van der Waals surface area contributed by atoms with E-state index in [0.29, 0.717) is 5.02 Å². The Morgan fingerprint density at radius 2 is 1.80 bits per heavy atom. The molecule has 0 aliphatic rings. The molecular weight excluding hydrogens is 230 g/mol. The van der Waals surface area contributed by atoms with Crippen molar-refractivity contribution in [2.75, 3.05) is 0 Å². The average molecular weight is 245 g/mol. The maximum absolute atomic E-state index is 11.6. The predicted molar refractivity (Wildman–Crippen MR) is 65.9 cm³/mol. The molecule has 0 aliphatic heterocycles. The van der Waals surface area contributed by atoms with Crippen LogP contribution in [0.5, 0.6) is 0 Å². The maximum Gasteiger partial charge on any atom is 0.136 e. The normalized spacial score (nSPS) is 13.9. The Morgan fingerprint density at radius 3 is 2.27 bits per heavy atom. The van der Waals surface area contributed by atoms with Crippen molar-refractivity contribution >= 4 is 23.0 Å². The summed E-state index contributed by atoms with van der Waals surface area (Å²) >= 11 is 4.67. The van der Waals surface area contributed by atoms with Gasteiger partial charge in [0.15, 0.2) is 0 Å². The number of hydrogen-bond donors (Lipinski definition) is 1. The van der Waals surface area contributed by atoms with Gasteiger partial charge in [-0.2, -0.15) is 0 Å². The molecule has 1 unspecified atom stereocenters. The van der Waals surface area contributed by atoms with Crippen LogP contribution in [0.15, 0.2) is 24.3 Å². The highest BCUT2D eigenvalue weighted by molar-refractivity contribution is 7.90. The molecule has 1 N–H and O–H groups in total. The summed E-state index contributed by atoms with van der Waals surface area (Å²) in [6.07, 6.45) is 0. The van der Waals surface area contributed by atoms with Crippen LogP contribution < -0.4 is 4.72 Å². The summed E-state index contributed by atoms with van der Waals surface area (Å²) in [5, 5.41) is 0.698. The van der Waals surface area contributed by atoms with Crippen LogP contribution in [0.2, 0.25) is 5.02 Å². The fourth-order valence-corrected chi connectivity index (χ4v) is 1.58. The minimum Gasteiger partial charge on any atom is -0.598 e. The van der Waals surface area contributed by atoms with Gasteiger partial charge in [-0.25, -0.2) is 0 Å². The van der Waals surface area contributed by atoms with Crippen LogP contribution >= 0.6 is 11.6 Å². The van der Waals surface area contributed by atoms with E-state index in [1.165, 1.54) is 0 Å². The van der Waals surface area contributed by atoms with Crippen molar-refractivity contribution < 1.29 is 4.55 Å². The Balaban J connectivity index is 2.47. The van der Waals surface area contributed by atoms with E-state index >= 15 is 0 Å². The fraction of sp³-hybridized carbons (Fsp3) is 0.364. The smallest absolute Gasteiger partial charge is 0.136 e. The second kappa shape index (κ2) is 5.21. The quantitative estimate of drug-likeness (QED) is 0.830. The second-order valence-electron chi connectivity index (χ2n) is 4.19. The van der Waals surface area contributed by atoms with Gasteiger partial charge in [0.1, 0.15) is 11.3 Å². The van der Waals surface area contributed by atoms with Gasteiger partial charge < -0.3 is 4.55 Å². The van der Waals surface area contributed by atoms with Gasteiger partial charge in [0.25, 0.3) is 0 Å². The zero-order chi connectivity index (χ0) is 11.5. The largest absolute Gasteiger partial charge is 0.598 e. The Morgan fingerprint density at radius 1 is 1.27 bits per heavy atom. The van der Waals surface area contributed by atoms with E-state index < -0.39 is 11.4 Å². The highest BCUT2D eigenvalue weighted by atomic mass is 35.5. The molecule has 0 bridgehead atoms. The van der Waals surface area contributed by atoms with Crippen LogP contribution in [-0.2, 0) is 11.4 Å². The number of hydrogen-bond acceptors (Lipinski definition) is 2. The predicted octanol–water partition coefficient (Wildman–Crippen LogP) is 2.90. The molecule has 0 heterocycles. The van der Waals surface area contributed by atoms with Crippen LogP contribution in [0.25, 0.3) is 0 Å². The van der Waals surface area contributed by atoms with Crippen molar-refractivity contribution in [2.24, 2.45) is 0 Å². The van der Waals surface area contributed by atoms with Crippen molar-refractivity contribution in [1.29, 1.82) is 0 Å². The molecule has 1 atom stereocenters. The Hall–Kier alpha value is -0.220. The summed E-state index contributed by atoms with van der Waals surface area (Å²) in [4.78, 5) is 0.